The van der Waals surface area contributed by atoms with Crippen molar-refractivity contribution in [2.75, 3.05) is 0 Å². The zero-order valence-electron chi connectivity index (χ0n) is 9.28. The van der Waals surface area contributed by atoms with Crippen molar-refractivity contribution in [2.45, 2.75) is 57.9 Å². The Morgan fingerprint density at radius 3 is 2.80 bits per heavy atom. The number of aryl methyl sites for hydroxylation is 1. The number of fused-ring (bicyclic) bond motifs is 1. The maximum atomic E-state index is 4.37. The Morgan fingerprint density at radius 1 is 1.07 bits per heavy atom. The lowest BCUT2D eigenvalue weighted by atomic mass is 10.1. The average molecular weight is 205 g/mol. The number of nitrogens with zero attached hydrogens (tertiary/aromatic N) is 3. The Labute approximate surface area is 90.9 Å². The van der Waals surface area contributed by atoms with E-state index in [1.165, 1.54) is 56.6 Å². The molecular formula is C12H19N3. The SMILES string of the molecule is C1CCCn2c(nnc2CC2CC2)CC1. The van der Waals surface area contributed by atoms with Crippen LogP contribution in [0.25, 0.3) is 0 Å². The highest BCUT2D eigenvalue weighted by molar-refractivity contribution is 5.00. The summed E-state index contributed by atoms with van der Waals surface area (Å²) >= 11 is 0. The van der Waals surface area contributed by atoms with Crippen LogP contribution >= 0.6 is 0 Å². The molecule has 2 heterocycles. The van der Waals surface area contributed by atoms with Crippen LogP contribution in [0.1, 0.15) is 50.2 Å². The summed E-state index contributed by atoms with van der Waals surface area (Å²) in [6, 6.07) is 0. The zero-order valence-corrected chi connectivity index (χ0v) is 9.28. The molecule has 82 valence electrons. The van der Waals surface area contributed by atoms with Gasteiger partial charge in [0.25, 0.3) is 0 Å². The quantitative estimate of drug-likeness (QED) is 0.742. The molecule has 3 heteroatoms. The van der Waals surface area contributed by atoms with Gasteiger partial charge in [0, 0.05) is 19.4 Å². The van der Waals surface area contributed by atoms with Crippen molar-refractivity contribution in [1.29, 1.82) is 0 Å². The average Bonchev–Trinajstić information content (AvgIpc) is 2.92. The summed E-state index contributed by atoms with van der Waals surface area (Å²) in [4.78, 5) is 0. The first-order valence-electron chi connectivity index (χ1n) is 6.34. The van der Waals surface area contributed by atoms with Gasteiger partial charge in [0.1, 0.15) is 11.6 Å². The minimum absolute atomic E-state index is 0.920. The van der Waals surface area contributed by atoms with Gasteiger partial charge in [-0.15, -0.1) is 10.2 Å². The first-order valence-corrected chi connectivity index (χ1v) is 6.34. The van der Waals surface area contributed by atoms with Crippen LogP contribution in [-0.4, -0.2) is 14.8 Å². The van der Waals surface area contributed by atoms with Gasteiger partial charge in [0.15, 0.2) is 0 Å². The molecule has 0 bridgehead atoms. The van der Waals surface area contributed by atoms with Crippen molar-refractivity contribution >= 4 is 0 Å². The fourth-order valence-corrected chi connectivity index (χ4v) is 2.45. The van der Waals surface area contributed by atoms with E-state index < -0.39 is 0 Å². The number of rotatable bonds is 2. The Hall–Kier alpha value is -0.860. The van der Waals surface area contributed by atoms with Gasteiger partial charge < -0.3 is 4.57 Å². The molecule has 0 N–H and O–H groups in total. The summed E-state index contributed by atoms with van der Waals surface area (Å²) < 4.78 is 2.40. The van der Waals surface area contributed by atoms with Gasteiger partial charge in [-0.1, -0.05) is 12.8 Å². The first-order chi connectivity index (χ1) is 7.43. The molecule has 1 aromatic rings. The topological polar surface area (TPSA) is 30.7 Å². The van der Waals surface area contributed by atoms with E-state index in [9.17, 15) is 0 Å². The molecule has 0 aromatic carbocycles. The van der Waals surface area contributed by atoms with Gasteiger partial charge in [0.05, 0.1) is 0 Å². The van der Waals surface area contributed by atoms with Gasteiger partial charge in [-0.05, 0) is 31.6 Å². The number of hydrogen-bond donors (Lipinski definition) is 0. The third kappa shape index (κ3) is 2.06. The highest BCUT2D eigenvalue weighted by Gasteiger charge is 2.25. The van der Waals surface area contributed by atoms with Gasteiger partial charge in [-0.2, -0.15) is 0 Å². The molecule has 0 atom stereocenters. The van der Waals surface area contributed by atoms with Crippen molar-refractivity contribution in [3.8, 4) is 0 Å². The van der Waals surface area contributed by atoms with Crippen LogP contribution in [0.4, 0.5) is 0 Å². The Bertz CT molecular complexity index is 339. The van der Waals surface area contributed by atoms with Gasteiger partial charge >= 0.3 is 0 Å². The maximum Gasteiger partial charge on any atom is 0.133 e. The molecule has 0 spiro atoms. The molecule has 1 saturated carbocycles. The van der Waals surface area contributed by atoms with Gasteiger partial charge in [-0.25, -0.2) is 0 Å². The second-order valence-corrected chi connectivity index (χ2v) is 5.00. The fourth-order valence-electron chi connectivity index (χ4n) is 2.45. The van der Waals surface area contributed by atoms with Crippen molar-refractivity contribution in [3.05, 3.63) is 11.6 Å². The summed E-state index contributed by atoms with van der Waals surface area (Å²) in [5.41, 5.74) is 0. The predicted octanol–water partition coefficient (Wildman–Crippen LogP) is 2.35. The standard InChI is InChI=1S/C12H19N3/c1-2-4-8-15-11(5-3-1)13-14-12(15)9-10-6-7-10/h10H,1-9H2. The van der Waals surface area contributed by atoms with Gasteiger partial charge in [-0.3, -0.25) is 0 Å². The lowest BCUT2D eigenvalue weighted by Gasteiger charge is -2.13. The second kappa shape index (κ2) is 3.95. The molecule has 0 radical (unpaired) electrons. The van der Waals surface area contributed by atoms with Crippen molar-refractivity contribution in [3.63, 3.8) is 0 Å². The summed E-state index contributed by atoms with van der Waals surface area (Å²) in [6.07, 6.45) is 10.5. The minimum atomic E-state index is 0.920. The molecule has 0 amide bonds. The lowest BCUT2D eigenvalue weighted by molar-refractivity contribution is 0.501. The van der Waals surface area contributed by atoms with Gasteiger partial charge in [0.2, 0.25) is 0 Å². The van der Waals surface area contributed by atoms with E-state index >= 15 is 0 Å². The molecule has 1 aromatic heterocycles. The maximum absolute atomic E-state index is 4.37. The smallest absolute Gasteiger partial charge is 0.133 e. The molecule has 0 unspecified atom stereocenters. The number of hydrogen-bond acceptors (Lipinski definition) is 2. The van der Waals surface area contributed by atoms with Crippen molar-refractivity contribution in [2.24, 2.45) is 5.92 Å². The molecule has 3 rings (SSSR count). The van der Waals surface area contributed by atoms with E-state index in [0.29, 0.717) is 0 Å². The molecule has 1 fully saturated rings. The van der Waals surface area contributed by atoms with Crippen molar-refractivity contribution in [1.82, 2.24) is 14.8 Å². The molecule has 15 heavy (non-hydrogen) atoms. The molecule has 2 aliphatic rings. The molecule has 3 nitrogen and oxygen atoms in total. The summed E-state index contributed by atoms with van der Waals surface area (Å²) in [6.45, 7) is 1.16. The van der Waals surface area contributed by atoms with E-state index in [1.807, 2.05) is 0 Å². The highest BCUT2D eigenvalue weighted by atomic mass is 15.3. The third-order valence-electron chi connectivity index (χ3n) is 3.60. The summed E-state index contributed by atoms with van der Waals surface area (Å²) in [5, 5.41) is 8.73. The Balaban J connectivity index is 1.81. The first kappa shape index (κ1) is 9.37. The van der Waals surface area contributed by atoms with E-state index in [2.05, 4.69) is 14.8 Å². The van der Waals surface area contributed by atoms with Crippen LogP contribution in [0.3, 0.4) is 0 Å². The van der Waals surface area contributed by atoms with Crippen molar-refractivity contribution < 1.29 is 0 Å². The second-order valence-electron chi connectivity index (χ2n) is 5.00. The van der Waals surface area contributed by atoms with E-state index in [4.69, 9.17) is 0 Å². The predicted molar refractivity (Wildman–Crippen MR) is 58.6 cm³/mol. The lowest BCUT2D eigenvalue weighted by Crippen LogP contribution is -2.11. The summed E-state index contributed by atoms with van der Waals surface area (Å²) in [7, 11) is 0. The number of aromatic nitrogens is 3. The Morgan fingerprint density at radius 2 is 1.93 bits per heavy atom. The van der Waals surface area contributed by atoms with Crippen LogP contribution in [0.2, 0.25) is 0 Å². The molecule has 0 saturated heterocycles. The highest BCUT2D eigenvalue weighted by Crippen LogP contribution is 2.32. The van der Waals surface area contributed by atoms with Crippen LogP contribution in [0.15, 0.2) is 0 Å². The monoisotopic (exact) mass is 205 g/mol. The van der Waals surface area contributed by atoms with Crippen LogP contribution in [0.5, 0.6) is 0 Å². The van der Waals surface area contributed by atoms with E-state index in [0.717, 1.165) is 18.9 Å². The van der Waals surface area contributed by atoms with Crippen LogP contribution < -0.4 is 0 Å². The van der Waals surface area contributed by atoms with Crippen LogP contribution in [0, 0.1) is 5.92 Å². The Kier molecular flexibility index (Phi) is 2.47. The normalized spacial score (nSPS) is 21.9. The zero-order chi connectivity index (χ0) is 10.1. The molecule has 1 aliphatic heterocycles. The molecule has 1 aliphatic carbocycles. The summed E-state index contributed by atoms with van der Waals surface area (Å²) in [5.74, 6) is 3.42. The fraction of sp³-hybridized carbons (Fsp3) is 0.833. The third-order valence-corrected chi connectivity index (χ3v) is 3.60. The van der Waals surface area contributed by atoms with E-state index in [1.54, 1.807) is 0 Å². The van der Waals surface area contributed by atoms with Crippen LogP contribution in [-0.2, 0) is 19.4 Å². The van der Waals surface area contributed by atoms with E-state index in [-0.39, 0.29) is 0 Å². The minimum Gasteiger partial charge on any atom is -0.315 e. The molecular weight excluding hydrogens is 186 g/mol. The largest absolute Gasteiger partial charge is 0.315 e.